The molecule has 0 atom stereocenters. The molecular weight excluding hydrogens is 388 g/mol. The van der Waals surface area contributed by atoms with Gasteiger partial charge < -0.3 is 24.9 Å². The van der Waals surface area contributed by atoms with Gasteiger partial charge in [-0.05, 0) is 19.8 Å². The van der Waals surface area contributed by atoms with Crippen LogP contribution in [0.1, 0.15) is 47.0 Å². The number of aromatic nitrogens is 4. The predicted octanol–water partition coefficient (Wildman–Crippen LogP) is 0.657. The van der Waals surface area contributed by atoms with Gasteiger partial charge in [0.25, 0.3) is 0 Å². The van der Waals surface area contributed by atoms with Crippen LogP contribution >= 0.6 is 15.2 Å². The molecule has 0 radical (unpaired) electrons. The molecule has 0 aliphatic rings. The largest absolute Gasteiger partial charge is 0.356 e. The lowest BCUT2D eigenvalue weighted by Crippen LogP contribution is -2.23. The number of carbonyl (C=O) groups excluding carboxylic acids is 1. The Labute approximate surface area is 152 Å². The summed E-state index contributed by atoms with van der Waals surface area (Å²) in [5.74, 6) is 0.145. The molecule has 0 spiro atoms. The van der Waals surface area contributed by atoms with Crippen molar-refractivity contribution in [3.63, 3.8) is 0 Å². The molecule has 0 saturated heterocycles. The third-order valence-corrected chi connectivity index (χ3v) is 7.86. The summed E-state index contributed by atoms with van der Waals surface area (Å²) in [4.78, 5) is 43.0. The number of amides is 1. The van der Waals surface area contributed by atoms with Crippen LogP contribution in [0.4, 0.5) is 0 Å². The lowest BCUT2D eigenvalue weighted by molar-refractivity contribution is -0.120. The maximum atomic E-state index is 10.7. The molecule has 152 valence electrons. The van der Waals surface area contributed by atoms with Gasteiger partial charge in [-0.1, -0.05) is 20.8 Å². The van der Waals surface area contributed by atoms with Crippen molar-refractivity contribution in [2.24, 2.45) is 0 Å². The first-order valence-electron chi connectivity index (χ1n) is 7.68. The molecule has 1 aromatic heterocycles. The second kappa shape index (κ2) is 13.0. The van der Waals surface area contributed by atoms with Crippen LogP contribution in [0.5, 0.6) is 0 Å². The number of hydrogen-bond acceptors (Lipinski definition) is 7. The van der Waals surface area contributed by atoms with Crippen molar-refractivity contribution >= 4 is 21.1 Å². The molecule has 14 heteroatoms. The molecule has 0 aromatic carbocycles. The number of nitrogens with one attached hydrogen (secondary N) is 1. The normalized spacial score (nSPS) is 11.4. The summed E-state index contributed by atoms with van der Waals surface area (Å²) < 4.78 is 21.5. The van der Waals surface area contributed by atoms with E-state index in [0.717, 1.165) is 19.9 Å². The van der Waals surface area contributed by atoms with Crippen LogP contribution in [-0.4, -0.2) is 57.3 Å². The van der Waals surface area contributed by atoms with E-state index < -0.39 is 20.1 Å². The van der Waals surface area contributed by atoms with Crippen LogP contribution in [0.25, 0.3) is 0 Å². The molecule has 1 aromatic rings. The Morgan fingerprint density at radius 2 is 1.35 bits per heavy atom. The third kappa shape index (κ3) is 10.6. The van der Waals surface area contributed by atoms with Gasteiger partial charge in [0.1, 0.15) is 0 Å². The zero-order valence-corrected chi connectivity index (χ0v) is 17.0. The highest BCUT2D eigenvalue weighted by Gasteiger charge is 2.54. The summed E-state index contributed by atoms with van der Waals surface area (Å²) >= 11 is 0. The monoisotopic (exact) mass is 415 g/mol. The highest BCUT2D eigenvalue weighted by Crippen LogP contribution is 2.70. The molecular formula is C12H27N5O7P2. The van der Waals surface area contributed by atoms with Crippen molar-refractivity contribution in [2.75, 3.05) is 6.54 Å². The quantitative estimate of drug-likeness (QED) is 0.409. The lowest BCUT2D eigenvalue weighted by Gasteiger charge is -2.29. The van der Waals surface area contributed by atoms with E-state index >= 15 is 0 Å². The first kappa shape index (κ1) is 26.9. The molecule has 5 N–H and O–H groups in total. The summed E-state index contributed by atoms with van der Waals surface area (Å²) in [6.45, 7) is 6.90. The minimum atomic E-state index is -4.77. The van der Waals surface area contributed by atoms with E-state index in [9.17, 15) is 13.9 Å². The Kier molecular flexibility index (Phi) is 13.4. The Morgan fingerprint density at radius 3 is 1.50 bits per heavy atom. The highest BCUT2D eigenvalue weighted by molar-refractivity contribution is 7.72. The summed E-state index contributed by atoms with van der Waals surface area (Å²) in [5.41, 5.74) is 0. The molecule has 0 aliphatic carbocycles. The van der Waals surface area contributed by atoms with E-state index in [1.54, 1.807) is 0 Å². The van der Waals surface area contributed by atoms with Crippen LogP contribution in [0.2, 0.25) is 0 Å². The van der Waals surface area contributed by atoms with E-state index in [4.69, 9.17) is 19.6 Å². The van der Waals surface area contributed by atoms with Crippen molar-refractivity contribution < 1.29 is 33.5 Å². The Hall–Kier alpha value is -1.29. The zero-order valence-electron chi connectivity index (χ0n) is 15.2. The average Bonchev–Trinajstić information content (AvgIpc) is 2.59. The maximum Gasteiger partial charge on any atom is 0.343 e. The molecule has 1 heterocycles. The lowest BCUT2D eigenvalue weighted by atomic mass is 10.4. The van der Waals surface area contributed by atoms with Crippen molar-refractivity contribution in [3.05, 3.63) is 12.7 Å². The Balaban J connectivity index is 0. The van der Waals surface area contributed by atoms with Crippen molar-refractivity contribution in [3.8, 4) is 0 Å². The minimum absolute atomic E-state index is 0.145. The first-order chi connectivity index (χ1) is 11.9. The standard InChI is InChI=1S/C6H13NO.C4H12O6P2.C2H2N4/c1-3-5-7-6(8)4-2;1-3-4(2,11(5,6)7)12(8,9)10;1-3-5-2-6-4-1/h3-5H2,1-2H3,(H,7,8);3H2,1-2H3,(H2,5,6,7)(H2,8,9,10);1-2H. The van der Waals surface area contributed by atoms with Crippen molar-refractivity contribution in [1.82, 2.24) is 25.7 Å². The van der Waals surface area contributed by atoms with E-state index in [1.807, 2.05) is 13.8 Å². The van der Waals surface area contributed by atoms with Crippen LogP contribution < -0.4 is 5.32 Å². The number of carbonyl (C=O) groups is 1. The fraction of sp³-hybridized carbons (Fsp3) is 0.750. The predicted molar refractivity (Wildman–Crippen MR) is 94.0 cm³/mol. The van der Waals surface area contributed by atoms with Crippen molar-refractivity contribution in [2.45, 2.75) is 51.9 Å². The van der Waals surface area contributed by atoms with Gasteiger partial charge in [0.05, 0.1) is 0 Å². The summed E-state index contributed by atoms with van der Waals surface area (Å²) in [5, 5.41) is 16.2. The molecule has 26 heavy (non-hydrogen) atoms. The molecule has 0 bridgehead atoms. The van der Waals surface area contributed by atoms with Gasteiger partial charge in [-0.15, -0.1) is 20.4 Å². The molecule has 0 fully saturated rings. The average molecular weight is 415 g/mol. The van der Waals surface area contributed by atoms with Crippen LogP contribution in [0, 0.1) is 0 Å². The first-order valence-corrected chi connectivity index (χ1v) is 10.9. The third-order valence-electron chi connectivity index (χ3n) is 3.16. The van der Waals surface area contributed by atoms with E-state index in [2.05, 4.69) is 25.7 Å². The second-order valence-corrected chi connectivity index (χ2v) is 9.56. The van der Waals surface area contributed by atoms with Gasteiger partial charge >= 0.3 is 15.2 Å². The molecule has 1 rings (SSSR count). The van der Waals surface area contributed by atoms with Gasteiger partial charge in [0, 0.05) is 13.0 Å². The fourth-order valence-corrected chi connectivity index (χ4v) is 3.32. The van der Waals surface area contributed by atoms with E-state index in [0.29, 0.717) is 6.42 Å². The van der Waals surface area contributed by atoms with Crippen LogP contribution in [0.3, 0.4) is 0 Å². The maximum absolute atomic E-state index is 10.7. The molecule has 0 unspecified atom stereocenters. The smallest absolute Gasteiger partial charge is 0.343 e. The summed E-state index contributed by atoms with van der Waals surface area (Å²) in [7, 11) is -9.54. The van der Waals surface area contributed by atoms with Gasteiger partial charge in [0.15, 0.2) is 17.6 Å². The zero-order chi connectivity index (χ0) is 20.9. The van der Waals surface area contributed by atoms with E-state index in [-0.39, 0.29) is 12.3 Å². The highest BCUT2D eigenvalue weighted by atomic mass is 31.2. The molecule has 12 nitrogen and oxygen atoms in total. The second-order valence-electron chi connectivity index (χ2n) is 5.05. The van der Waals surface area contributed by atoms with Gasteiger partial charge in [-0.25, -0.2) is 0 Å². The summed E-state index contributed by atoms with van der Waals surface area (Å²) in [6.07, 6.45) is 3.90. The summed E-state index contributed by atoms with van der Waals surface area (Å²) in [6, 6.07) is 0. The SMILES string of the molecule is CCC(C)(P(=O)(O)O)P(=O)(O)O.CCCNC(=O)CC.c1nncnn1. The van der Waals surface area contributed by atoms with Crippen LogP contribution in [0.15, 0.2) is 12.7 Å². The van der Waals surface area contributed by atoms with Gasteiger partial charge in [-0.2, -0.15) is 0 Å². The molecule has 0 saturated carbocycles. The minimum Gasteiger partial charge on any atom is -0.356 e. The molecule has 0 aliphatic heterocycles. The fourth-order valence-electron chi connectivity index (χ4n) is 1.14. The van der Waals surface area contributed by atoms with Crippen molar-refractivity contribution in [1.29, 1.82) is 0 Å². The van der Waals surface area contributed by atoms with Gasteiger partial charge in [-0.3, -0.25) is 13.9 Å². The van der Waals surface area contributed by atoms with Crippen LogP contribution in [-0.2, 0) is 13.9 Å². The number of rotatable bonds is 6. The molecule has 1 amide bonds. The Bertz CT molecular complexity index is 544. The topological polar surface area (TPSA) is 196 Å². The number of hydrogen-bond donors (Lipinski definition) is 5. The van der Waals surface area contributed by atoms with Gasteiger partial charge in [0.2, 0.25) is 5.91 Å². The number of nitrogens with zero attached hydrogens (tertiary/aromatic N) is 4. The Morgan fingerprint density at radius 1 is 0.962 bits per heavy atom. The van der Waals surface area contributed by atoms with E-state index in [1.165, 1.54) is 19.6 Å².